The molecular formula is C34H47BrN2O6. The normalized spacial score (nSPS) is 17.0. The van der Waals surface area contributed by atoms with E-state index < -0.39 is 11.2 Å². The number of nitrogens with zero attached hydrogens (tertiary/aromatic N) is 2. The van der Waals surface area contributed by atoms with Crippen molar-refractivity contribution < 1.29 is 28.6 Å². The van der Waals surface area contributed by atoms with E-state index in [1.165, 1.54) is 18.2 Å². The molecule has 0 radical (unpaired) electrons. The van der Waals surface area contributed by atoms with Gasteiger partial charge in [-0.3, -0.25) is 0 Å². The second kappa shape index (κ2) is 12.5. The number of carbonyl (C=O) groups is 3. The SMILES string of the molecule is CC(C)(C)OC(=O)N1Cc2cc(Br)ccc2C(C)(C)C1.COC(=O)c1ccc2c(c1)CN(C(=O)OC(C)(C)C)CC2(C)C. The van der Waals surface area contributed by atoms with Gasteiger partial charge in [0, 0.05) is 41.5 Å². The maximum Gasteiger partial charge on any atom is 0.410 e. The first kappa shape index (κ1) is 34.4. The van der Waals surface area contributed by atoms with Gasteiger partial charge < -0.3 is 24.0 Å². The summed E-state index contributed by atoms with van der Waals surface area (Å²) in [6, 6.07) is 11.8. The number of benzene rings is 2. The number of hydrogen-bond donors (Lipinski definition) is 0. The van der Waals surface area contributed by atoms with Crippen molar-refractivity contribution in [2.75, 3.05) is 20.2 Å². The van der Waals surface area contributed by atoms with E-state index in [-0.39, 0.29) is 29.0 Å². The highest BCUT2D eigenvalue weighted by atomic mass is 79.9. The minimum Gasteiger partial charge on any atom is -0.465 e. The lowest BCUT2D eigenvalue weighted by molar-refractivity contribution is 0.0165. The van der Waals surface area contributed by atoms with Gasteiger partial charge in [-0.25, -0.2) is 14.4 Å². The quantitative estimate of drug-likeness (QED) is 0.228. The Hall–Kier alpha value is -3.07. The van der Waals surface area contributed by atoms with Crippen LogP contribution in [0.5, 0.6) is 0 Å². The highest BCUT2D eigenvalue weighted by molar-refractivity contribution is 9.10. The van der Waals surface area contributed by atoms with Crippen molar-refractivity contribution in [1.82, 2.24) is 9.80 Å². The predicted octanol–water partition coefficient (Wildman–Crippen LogP) is 7.98. The maximum atomic E-state index is 12.4. The molecule has 0 fully saturated rings. The Bertz CT molecular complexity index is 1370. The minimum absolute atomic E-state index is 0.0643. The van der Waals surface area contributed by atoms with Gasteiger partial charge in [0.2, 0.25) is 0 Å². The number of fused-ring (bicyclic) bond motifs is 2. The summed E-state index contributed by atoms with van der Waals surface area (Å²) in [6.07, 6.45) is -0.573. The Labute approximate surface area is 265 Å². The molecule has 0 atom stereocenters. The molecule has 9 heteroatoms. The van der Waals surface area contributed by atoms with Crippen molar-refractivity contribution in [3.8, 4) is 0 Å². The van der Waals surface area contributed by atoms with Crippen LogP contribution >= 0.6 is 15.9 Å². The lowest BCUT2D eigenvalue weighted by Crippen LogP contribution is -2.46. The number of methoxy groups -OCH3 is 1. The van der Waals surface area contributed by atoms with Gasteiger partial charge in [0.25, 0.3) is 0 Å². The zero-order valence-corrected chi connectivity index (χ0v) is 29.1. The first-order valence-electron chi connectivity index (χ1n) is 14.6. The second-order valence-electron chi connectivity index (χ2n) is 14.6. The molecule has 0 aliphatic carbocycles. The van der Waals surface area contributed by atoms with Gasteiger partial charge in [-0.1, -0.05) is 55.8 Å². The van der Waals surface area contributed by atoms with Crippen molar-refractivity contribution in [3.05, 3.63) is 68.7 Å². The average molecular weight is 660 g/mol. The summed E-state index contributed by atoms with van der Waals surface area (Å²) in [5, 5.41) is 0. The van der Waals surface area contributed by atoms with E-state index in [0.717, 1.165) is 15.6 Å². The van der Waals surface area contributed by atoms with E-state index in [1.54, 1.807) is 21.9 Å². The molecule has 2 amide bonds. The van der Waals surface area contributed by atoms with Crippen LogP contribution in [0.25, 0.3) is 0 Å². The summed E-state index contributed by atoms with van der Waals surface area (Å²) in [5.41, 5.74) is 3.81. The number of ether oxygens (including phenoxy) is 3. The standard InChI is InChI=1S/C18H25NO4.C16H22BrNO2/c1-17(2,3)23-16(21)19-10-13-9-12(15(20)22-6)7-8-14(13)18(4,5)11-19;1-15(2,3)20-14(19)18-9-11-8-12(17)6-7-13(11)16(4,5)10-18/h7-9H,10-11H2,1-6H3;6-8H,9-10H2,1-5H3. The van der Waals surface area contributed by atoms with E-state index in [1.807, 2.05) is 47.6 Å². The van der Waals surface area contributed by atoms with Gasteiger partial charge in [0.1, 0.15) is 11.2 Å². The van der Waals surface area contributed by atoms with Crippen LogP contribution in [0.4, 0.5) is 9.59 Å². The molecular weight excluding hydrogens is 612 g/mol. The molecule has 0 spiro atoms. The monoisotopic (exact) mass is 658 g/mol. The molecule has 0 N–H and O–H groups in total. The topological polar surface area (TPSA) is 85.4 Å². The highest BCUT2D eigenvalue weighted by Crippen LogP contribution is 2.36. The number of rotatable bonds is 1. The number of halogens is 1. The average Bonchev–Trinajstić information content (AvgIpc) is 2.85. The Morgan fingerprint density at radius 1 is 0.721 bits per heavy atom. The zero-order valence-electron chi connectivity index (χ0n) is 27.5. The highest BCUT2D eigenvalue weighted by Gasteiger charge is 2.37. The molecule has 8 nitrogen and oxygen atoms in total. The van der Waals surface area contributed by atoms with Gasteiger partial charge >= 0.3 is 18.2 Å². The van der Waals surface area contributed by atoms with Crippen molar-refractivity contribution >= 4 is 34.1 Å². The van der Waals surface area contributed by atoms with Crippen LogP contribution in [-0.4, -0.2) is 59.4 Å². The lowest BCUT2D eigenvalue weighted by Gasteiger charge is -2.40. The molecule has 0 aromatic heterocycles. The molecule has 0 saturated carbocycles. The van der Waals surface area contributed by atoms with Gasteiger partial charge in [-0.05, 0) is 88.1 Å². The van der Waals surface area contributed by atoms with Crippen molar-refractivity contribution in [2.45, 2.75) is 104 Å². The van der Waals surface area contributed by atoms with Crippen molar-refractivity contribution in [3.63, 3.8) is 0 Å². The third-order valence-electron chi connectivity index (χ3n) is 7.25. The lowest BCUT2D eigenvalue weighted by atomic mass is 9.78. The largest absolute Gasteiger partial charge is 0.465 e. The van der Waals surface area contributed by atoms with E-state index in [2.05, 4.69) is 61.8 Å². The van der Waals surface area contributed by atoms with Gasteiger partial charge in [-0.2, -0.15) is 0 Å². The summed E-state index contributed by atoms with van der Waals surface area (Å²) >= 11 is 3.50. The summed E-state index contributed by atoms with van der Waals surface area (Å²) in [7, 11) is 1.36. The van der Waals surface area contributed by atoms with Crippen molar-refractivity contribution in [2.24, 2.45) is 0 Å². The number of carbonyl (C=O) groups excluding carboxylic acids is 3. The first-order chi connectivity index (χ1) is 19.6. The Balaban J connectivity index is 0.000000238. The van der Waals surface area contributed by atoms with Crippen LogP contribution in [0.2, 0.25) is 0 Å². The molecule has 2 aromatic carbocycles. The summed E-state index contributed by atoms with van der Waals surface area (Å²) in [5.74, 6) is -0.375. The fraction of sp³-hybridized carbons (Fsp3) is 0.559. The molecule has 0 unspecified atom stereocenters. The summed E-state index contributed by atoms with van der Waals surface area (Å²) in [6.45, 7) is 22.0. The Morgan fingerprint density at radius 3 is 1.56 bits per heavy atom. The Kier molecular flexibility index (Phi) is 10.0. The minimum atomic E-state index is -0.532. The van der Waals surface area contributed by atoms with Crippen LogP contribution < -0.4 is 0 Å². The van der Waals surface area contributed by atoms with Crippen LogP contribution in [0.1, 0.15) is 102 Å². The number of amides is 2. The van der Waals surface area contributed by atoms with E-state index >= 15 is 0 Å². The molecule has 2 heterocycles. The molecule has 0 saturated heterocycles. The van der Waals surface area contributed by atoms with E-state index in [9.17, 15) is 14.4 Å². The second-order valence-corrected chi connectivity index (χ2v) is 15.5. The molecule has 236 valence electrons. The predicted molar refractivity (Wildman–Crippen MR) is 171 cm³/mol. The van der Waals surface area contributed by atoms with Gasteiger partial charge in [-0.15, -0.1) is 0 Å². The molecule has 43 heavy (non-hydrogen) atoms. The van der Waals surface area contributed by atoms with Crippen LogP contribution in [0, 0.1) is 0 Å². The molecule has 2 aliphatic heterocycles. The molecule has 0 bridgehead atoms. The van der Waals surface area contributed by atoms with Gasteiger partial charge in [0.05, 0.1) is 12.7 Å². The van der Waals surface area contributed by atoms with E-state index in [4.69, 9.17) is 14.2 Å². The van der Waals surface area contributed by atoms with Gasteiger partial charge in [0.15, 0.2) is 0 Å². The third-order valence-corrected chi connectivity index (χ3v) is 7.74. The first-order valence-corrected chi connectivity index (χ1v) is 15.4. The van der Waals surface area contributed by atoms with Crippen LogP contribution in [0.3, 0.4) is 0 Å². The smallest absolute Gasteiger partial charge is 0.410 e. The van der Waals surface area contributed by atoms with Crippen LogP contribution in [0.15, 0.2) is 40.9 Å². The fourth-order valence-electron chi connectivity index (χ4n) is 5.54. The summed E-state index contributed by atoms with van der Waals surface area (Å²) < 4.78 is 16.8. The van der Waals surface area contributed by atoms with Crippen molar-refractivity contribution in [1.29, 1.82) is 0 Å². The zero-order chi connectivity index (χ0) is 32.5. The van der Waals surface area contributed by atoms with E-state index in [0.29, 0.717) is 31.7 Å². The maximum absolute atomic E-state index is 12.4. The van der Waals surface area contributed by atoms with Crippen LogP contribution in [-0.2, 0) is 38.1 Å². The fourth-order valence-corrected chi connectivity index (χ4v) is 5.95. The number of esters is 1. The summed E-state index contributed by atoms with van der Waals surface area (Å²) in [4.78, 5) is 39.9. The number of hydrogen-bond acceptors (Lipinski definition) is 6. The molecule has 4 rings (SSSR count). The molecule has 2 aromatic rings. The third kappa shape index (κ3) is 8.97. The molecule has 2 aliphatic rings. The Morgan fingerprint density at radius 2 is 1.14 bits per heavy atom.